The summed E-state index contributed by atoms with van der Waals surface area (Å²) in [7, 11) is 0. The Hall–Kier alpha value is -0.570. The van der Waals surface area contributed by atoms with E-state index >= 15 is 0 Å². The van der Waals surface area contributed by atoms with Crippen LogP contribution in [-0.2, 0) is 9.53 Å². The maximum atomic E-state index is 11.8. The van der Waals surface area contributed by atoms with E-state index in [0.29, 0.717) is 18.9 Å². The lowest BCUT2D eigenvalue weighted by Crippen LogP contribution is -2.45. The number of hydrogen-bond acceptors (Lipinski definition) is 3. The van der Waals surface area contributed by atoms with Crippen molar-refractivity contribution in [3.8, 4) is 0 Å². The maximum absolute atomic E-state index is 11.8. The topological polar surface area (TPSA) is 29.5 Å². The molecule has 0 rings (SSSR count). The molecule has 0 aromatic carbocycles. The molecule has 0 aliphatic heterocycles. The van der Waals surface area contributed by atoms with Gasteiger partial charge in [-0.05, 0) is 31.3 Å². The normalized spacial score (nSPS) is 15.6. The minimum Gasteiger partial charge on any atom is -0.466 e. The Bertz CT molecular complexity index is 241. The summed E-state index contributed by atoms with van der Waals surface area (Å²) in [6, 6.07) is 0.263. The fourth-order valence-corrected chi connectivity index (χ4v) is 2.28. The number of ether oxygens (including phenoxy) is 1. The first-order valence-corrected chi connectivity index (χ1v) is 7.17. The van der Waals surface area contributed by atoms with Gasteiger partial charge in [-0.3, -0.25) is 4.79 Å². The van der Waals surface area contributed by atoms with Gasteiger partial charge in [-0.2, -0.15) is 0 Å². The third-order valence-corrected chi connectivity index (χ3v) is 3.91. The summed E-state index contributed by atoms with van der Waals surface area (Å²) in [5.74, 6) is 0.368. The molecule has 108 valence electrons. The van der Waals surface area contributed by atoms with Crippen molar-refractivity contribution >= 4 is 5.97 Å². The number of esters is 1. The monoisotopic (exact) mass is 257 g/mol. The van der Waals surface area contributed by atoms with Crippen LogP contribution in [0, 0.1) is 11.3 Å². The standard InChI is InChI=1S/C15H31NO2/c1-8-16(9-2)13(11-14(17)18-10-3)12(4)15(5,6)7/h12-13H,8-11H2,1-7H3. The van der Waals surface area contributed by atoms with E-state index in [-0.39, 0.29) is 17.4 Å². The molecule has 18 heavy (non-hydrogen) atoms. The Balaban J connectivity index is 4.87. The summed E-state index contributed by atoms with van der Waals surface area (Å²) < 4.78 is 5.11. The van der Waals surface area contributed by atoms with E-state index in [0.717, 1.165) is 13.1 Å². The molecule has 0 heterocycles. The van der Waals surface area contributed by atoms with Crippen LogP contribution in [0.3, 0.4) is 0 Å². The van der Waals surface area contributed by atoms with Gasteiger partial charge in [0.15, 0.2) is 0 Å². The zero-order chi connectivity index (χ0) is 14.3. The first kappa shape index (κ1) is 17.4. The first-order chi connectivity index (χ1) is 8.27. The van der Waals surface area contributed by atoms with Crippen molar-refractivity contribution in [2.75, 3.05) is 19.7 Å². The molecule has 0 bridgehead atoms. The third kappa shape index (κ3) is 5.38. The van der Waals surface area contributed by atoms with Crippen LogP contribution >= 0.6 is 0 Å². The van der Waals surface area contributed by atoms with Crippen molar-refractivity contribution in [2.24, 2.45) is 11.3 Å². The molecule has 0 N–H and O–H groups in total. The summed E-state index contributed by atoms with van der Waals surface area (Å²) >= 11 is 0. The molecule has 3 heteroatoms. The van der Waals surface area contributed by atoms with Crippen molar-refractivity contribution in [1.29, 1.82) is 0 Å². The van der Waals surface area contributed by atoms with Gasteiger partial charge in [0.25, 0.3) is 0 Å². The highest BCUT2D eigenvalue weighted by atomic mass is 16.5. The Morgan fingerprint density at radius 2 is 1.67 bits per heavy atom. The van der Waals surface area contributed by atoms with Crippen LogP contribution in [-0.4, -0.2) is 36.6 Å². The van der Waals surface area contributed by atoms with Crippen LogP contribution in [0.25, 0.3) is 0 Å². The van der Waals surface area contributed by atoms with Gasteiger partial charge in [0, 0.05) is 6.04 Å². The van der Waals surface area contributed by atoms with Gasteiger partial charge in [0.05, 0.1) is 13.0 Å². The van der Waals surface area contributed by atoms with Gasteiger partial charge in [0.2, 0.25) is 0 Å². The average molecular weight is 257 g/mol. The average Bonchev–Trinajstić information content (AvgIpc) is 2.27. The Labute approximate surface area is 113 Å². The molecule has 0 saturated carbocycles. The van der Waals surface area contributed by atoms with E-state index in [1.54, 1.807) is 0 Å². The Morgan fingerprint density at radius 1 is 1.17 bits per heavy atom. The predicted molar refractivity (Wildman–Crippen MR) is 76.6 cm³/mol. The van der Waals surface area contributed by atoms with E-state index in [1.807, 2.05) is 6.92 Å². The zero-order valence-corrected chi connectivity index (χ0v) is 13.2. The molecule has 3 nitrogen and oxygen atoms in total. The minimum absolute atomic E-state index is 0.0782. The Kier molecular flexibility index (Phi) is 7.53. The summed E-state index contributed by atoms with van der Waals surface area (Å²) in [4.78, 5) is 14.1. The predicted octanol–water partition coefficient (Wildman–Crippen LogP) is 3.33. The Morgan fingerprint density at radius 3 is 2.00 bits per heavy atom. The molecule has 0 spiro atoms. The van der Waals surface area contributed by atoms with E-state index in [1.165, 1.54) is 0 Å². The molecule has 0 aromatic rings. The molecule has 2 atom stereocenters. The van der Waals surface area contributed by atoms with E-state index in [9.17, 15) is 4.79 Å². The summed E-state index contributed by atoms with van der Waals surface area (Å²) in [5.41, 5.74) is 0.194. The van der Waals surface area contributed by atoms with Crippen LogP contribution in [0.1, 0.15) is 54.9 Å². The SMILES string of the molecule is CCOC(=O)CC(C(C)C(C)(C)C)N(CC)CC. The van der Waals surface area contributed by atoms with E-state index in [2.05, 4.69) is 46.4 Å². The van der Waals surface area contributed by atoms with E-state index in [4.69, 9.17) is 4.74 Å². The second-order valence-corrected chi connectivity index (χ2v) is 5.95. The fourth-order valence-electron chi connectivity index (χ4n) is 2.28. The molecular weight excluding hydrogens is 226 g/mol. The second kappa shape index (κ2) is 7.78. The van der Waals surface area contributed by atoms with Crippen molar-refractivity contribution in [3.63, 3.8) is 0 Å². The van der Waals surface area contributed by atoms with Crippen LogP contribution in [0.5, 0.6) is 0 Å². The summed E-state index contributed by atoms with van der Waals surface area (Å²) in [5, 5.41) is 0. The van der Waals surface area contributed by atoms with Gasteiger partial charge in [-0.25, -0.2) is 0 Å². The first-order valence-electron chi connectivity index (χ1n) is 7.17. The highest BCUT2D eigenvalue weighted by molar-refractivity contribution is 5.70. The molecule has 0 aliphatic carbocycles. The number of nitrogens with zero attached hydrogens (tertiary/aromatic N) is 1. The second-order valence-electron chi connectivity index (χ2n) is 5.95. The van der Waals surface area contributed by atoms with Gasteiger partial charge < -0.3 is 9.64 Å². The zero-order valence-electron chi connectivity index (χ0n) is 13.2. The van der Waals surface area contributed by atoms with Crippen molar-refractivity contribution < 1.29 is 9.53 Å². The molecule has 0 aromatic heterocycles. The van der Waals surface area contributed by atoms with Crippen LogP contribution in [0.2, 0.25) is 0 Å². The van der Waals surface area contributed by atoms with Gasteiger partial charge >= 0.3 is 5.97 Å². The quantitative estimate of drug-likeness (QED) is 0.655. The van der Waals surface area contributed by atoms with E-state index < -0.39 is 0 Å². The number of rotatable bonds is 7. The number of carbonyl (C=O) groups excluding carboxylic acids is 1. The van der Waals surface area contributed by atoms with Crippen molar-refractivity contribution in [1.82, 2.24) is 4.90 Å². The number of hydrogen-bond donors (Lipinski definition) is 0. The van der Waals surface area contributed by atoms with Gasteiger partial charge in [-0.1, -0.05) is 41.5 Å². The lowest BCUT2D eigenvalue weighted by Gasteiger charge is -2.40. The minimum atomic E-state index is -0.0782. The highest BCUT2D eigenvalue weighted by Crippen LogP contribution is 2.32. The molecule has 0 radical (unpaired) electrons. The van der Waals surface area contributed by atoms with Crippen LogP contribution in [0.4, 0.5) is 0 Å². The van der Waals surface area contributed by atoms with Crippen molar-refractivity contribution in [3.05, 3.63) is 0 Å². The largest absolute Gasteiger partial charge is 0.466 e. The smallest absolute Gasteiger partial charge is 0.307 e. The fraction of sp³-hybridized carbons (Fsp3) is 0.933. The molecule has 0 amide bonds. The molecule has 0 fully saturated rings. The lowest BCUT2D eigenvalue weighted by molar-refractivity contribution is -0.145. The van der Waals surface area contributed by atoms with Crippen LogP contribution < -0.4 is 0 Å². The van der Waals surface area contributed by atoms with Crippen LogP contribution in [0.15, 0.2) is 0 Å². The van der Waals surface area contributed by atoms with Gasteiger partial charge in [0.1, 0.15) is 0 Å². The number of carbonyl (C=O) groups is 1. The van der Waals surface area contributed by atoms with Crippen molar-refractivity contribution in [2.45, 2.75) is 60.9 Å². The molecule has 0 aliphatic rings. The maximum Gasteiger partial charge on any atom is 0.307 e. The lowest BCUT2D eigenvalue weighted by atomic mass is 9.76. The summed E-state index contributed by atoms with van der Waals surface area (Å²) in [6.07, 6.45) is 0.494. The highest BCUT2D eigenvalue weighted by Gasteiger charge is 2.33. The third-order valence-electron chi connectivity index (χ3n) is 3.91. The molecule has 0 saturated heterocycles. The molecular formula is C15H31NO2. The summed E-state index contributed by atoms with van der Waals surface area (Å²) in [6.45, 7) is 17.5. The van der Waals surface area contributed by atoms with Gasteiger partial charge in [-0.15, -0.1) is 0 Å². The molecule has 2 unspecified atom stereocenters.